The van der Waals surface area contributed by atoms with Crippen LogP contribution in [0.3, 0.4) is 0 Å². The number of amides is 1. The summed E-state index contributed by atoms with van der Waals surface area (Å²) in [6, 6.07) is 4.86. The minimum atomic E-state index is -1.50. The molecule has 1 unspecified atom stereocenters. The van der Waals surface area contributed by atoms with Crippen LogP contribution in [0.2, 0.25) is 0 Å². The molecule has 0 aliphatic carbocycles. The third kappa shape index (κ3) is 7.03. The van der Waals surface area contributed by atoms with Crippen LogP contribution in [0.25, 0.3) is 0 Å². The molecule has 1 atom stereocenters. The van der Waals surface area contributed by atoms with Crippen molar-refractivity contribution in [2.24, 2.45) is 5.16 Å². The number of carbonyl (C=O) groups is 1. The largest absolute Gasteiger partial charge is 0.394 e. The van der Waals surface area contributed by atoms with Crippen LogP contribution < -0.4 is 10.8 Å². The van der Waals surface area contributed by atoms with E-state index in [0.717, 1.165) is 18.3 Å². The van der Waals surface area contributed by atoms with Crippen molar-refractivity contribution in [1.82, 2.24) is 5.48 Å². The number of hydroxylamine groups is 1. The van der Waals surface area contributed by atoms with Crippen LogP contribution >= 0.6 is 22.6 Å². The lowest BCUT2D eigenvalue weighted by atomic mass is 10.1. The van der Waals surface area contributed by atoms with Crippen LogP contribution in [0.15, 0.2) is 29.4 Å². The zero-order valence-corrected chi connectivity index (χ0v) is 18.5. The topological polar surface area (TPSA) is 133 Å². The molecule has 0 spiro atoms. The molecule has 2 rings (SSSR count). The Kier molecular flexibility index (Phi) is 10.1. The molecule has 174 valence electrons. The number of carbonyl (C=O) groups excluding carboxylic acids is 1. The van der Waals surface area contributed by atoms with E-state index in [2.05, 4.69) is 15.3 Å². The van der Waals surface area contributed by atoms with Crippen molar-refractivity contribution >= 4 is 46.1 Å². The van der Waals surface area contributed by atoms with Crippen LogP contribution in [0.4, 0.5) is 24.5 Å². The van der Waals surface area contributed by atoms with E-state index in [0.29, 0.717) is 3.57 Å². The Bertz CT molecular complexity index is 980. The lowest BCUT2D eigenvalue weighted by Crippen LogP contribution is -2.30. The fourth-order valence-electron chi connectivity index (χ4n) is 2.27. The number of halogens is 4. The predicted octanol–water partition coefficient (Wildman–Crippen LogP) is 1.81. The van der Waals surface area contributed by atoms with Gasteiger partial charge in [-0.15, -0.1) is 0 Å². The number of aliphatic hydroxyl groups excluding tert-OH is 3. The van der Waals surface area contributed by atoms with Gasteiger partial charge in [0, 0.05) is 9.13 Å². The Labute approximate surface area is 193 Å². The average Bonchev–Trinajstić information content (AvgIpc) is 2.76. The molecule has 0 heterocycles. The zero-order chi connectivity index (χ0) is 23.7. The summed E-state index contributed by atoms with van der Waals surface area (Å²) in [7, 11) is 0. The molecule has 0 radical (unpaired) electrons. The summed E-state index contributed by atoms with van der Waals surface area (Å²) < 4.78 is 44.2. The van der Waals surface area contributed by atoms with Crippen molar-refractivity contribution in [2.75, 3.05) is 31.7 Å². The van der Waals surface area contributed by atoms with E-state index < -0.39 is 59.5 Å². The van der Waals surface area contributed by atoms with Gasteiger partial charge in [0.1, 0.15) is 25.1 Å². The molecule has 0 aliphatic heterocycles. The van der Waals surface area contributed by atoms with Crippen LogP contribution in [0.1, 0.15) is 15.9 Å². The Balaban J connectivity index is 2.43. The lowest BCUT2D eigenvalue weighted by Gasteiger charge is -2.16. The molecular weight excluding hydrogens is 550 g/mol. The van der Waals surface area contributed by atoms with Crippen LogP contribution in [0, 0.1) is 21.0 Å². The van der Waals surface area contributed by atoms with Gasteiger partial charge >= 0.3 is 0 Å². The highest BCUT2D eigenvalue weighted by Crippen LogP contribution is 2.30. The molecular formula is C19H19F3IN3O6. The van der Waals surface area contributed by atoms with Crippen LogP contribution in [-0.4, -0.2) is 60.0 Å². The highest BCUT2D eigenvalue weighted by atomic mass is 127. The minimum absolute atomic E-state index is 0.194. The lowest BCUT2D eigenvalue weighted by molar-refractivity contribution is -0.0295. The Morgan fingerprint density at radius 3 is 2.62 bits per heavy atom. The molecule has 5 N–H and O–H groups in total. The first-order chi connectivity index (χ1) is 15.3. The summed E-state index contributed by atoms with van der Waals surface area (Å²) >= 11 is 1.87. The van der Waals surface area contributed by atoms with E-state index in [1.807, 2.05) is 28.1 Å². The van der Waals surface area contributed by atoms with Gasteiger partial charge in [-0.2, -0.15) is 0 Å². The SMILES string of the molecule is O=C(NOCC(O)CO)c1cc(C=NOCCO)c(F)c(F)c1Nc1ccc(I)cc1F. The van der Waals surface area contributed by atoms with Crippen LogP contribution in [0.5, 0.6) is 0 Å². The van der Waals surface area contributed by atoms with Gasteiger partial charge in [-0.25, -0.2) is 18.7 Å². The second-order valence-corrected chi connectivity index (χ2v) is 7.38. The second kappa shape index (κ2) is 12.5. The highest BCUT2D eigenvalue weighted by Gasteiger charge is 2.23. The smallest absolute Gasteiger partial charge is 0.277 e. The van der Waals surface area contributed by atoms with Gasteiger partial charge in [0.25, 0.3) is 5.91 Å². The molecule has 0 fully saturated rings. The number of nitrogens with zero attached hydrogens (tertiary/aromatic N) is 1. The van der Waals surface area contributed by atoms with Gasteiger partial charge in [0.05, 0.1) is 36.4 Å². The van der Waals surface area contributed by atoms with Gasteiger partial charge in [-0.05, 0) is 46.9 Å². The molecule has 9 nitrogen and oxygen atoms in total. The first kappa shape index (κ1) is 25.8. The number of hydrogen-bond acceptors (Lipinski definition) is 8. The summed E-state index contributed by atoms with van der Waals surface area (Å²) in [5.41, 5.74) is 0.0608. The highest BCUT2D eigenvalue weighted by molar-refractivity contribution is 14.1. The monoisotopic (exact) mass is 569 g/mol. The van der Waals surface area contributed by atoms with E-state index in [-0.39, 0.29) is 18.9 Å². The van der Waals surface area contributed by atoms with E-state index in [1.54, 1.807) is 0 Å². The molecule has 0 aromatic heterocycles. The summed E-state index contributed by atoms with van der Waals surface area (Å²) in [6.07, 6.45) is -0.499. The maximum absolute atomic E-state index is 14.9. The number of anilines is 2. The van der Waals surface area contributed by atoms with Gasteiger partial charge in [-0.3, -0.25) is 9.63 Å². The fraction of sp³-hybridized carbons (Fsp3) is 0.263. The minimum Gasteiger partial charge on any atom is -0.394 e. The van der Waals surface area contributed by atoms with Gasteiger partial charge in [-0.1, -0.05) is 5.16 Å². The van der Waals surface area contributed by atoms with E-state index in [1.165, 1.54) is 12.1 Å². The van der Waals surface area contributed by atoms with Gasteiger partial charge < -0.3 is 25.5 Å². The first-order valence-corrected chi connectivity index (χ1v) is 10.1. The molecule has 0 aliphatic rings. The first-order valence-electron chi connectivity index (χ1n) is 8.99. The Morgan fingerprint density at radius 1 is 1.22 bits per heavy atom. The Hall–Kier alpha value is -2.46. The van der Waals surface area contributed by atoms with Crippen molar-refractivity contribution in [3.05, 3.63) is 56.4 Å². The Morgan fingerprint density at radius 2 is 1.97 bits per heavy atom. The number of hydrogen-bond donors (Lipinski definition) is 5. The average molecular weight is 569 g/mol. The number of benzene rings is 2. The van der Waals surface area contributed by atoms with Crippen molar-refractivity contribution < 1.29 is 43.0 Å². The third-order valence-corrected chi connectivity index (χ3v) is 4.44. The molecule has 2 aromatic rings. The normalized spacial score (nSPS) is 12.1. The number of nitrogens with one attached hydrogen (secondary N) is 2. The maximum atomic E-state index is 14.9. The quantitative estimate of drug-likeness (QED) is 0.121. The van der Waals surface area contributed by atoms with Crippen molar-refractivity contribution in [1.29, 1.82) is 0 Å². The molecule has 13 heteroatoms. The predicted molar refractivity (Wildman–Crippen MR) is 116 cm³/mol. The summed E-state index contributed by atoms with van der Waals surface area (Å²) in [4.78, 5) is 21.9. The van der Waals surface area contributed by atoms with E-state index >= 15 is 0 Å². The molecule has 2 aromatic carbocycles. The molecule has 1 amide bonds. The van der Waals surface area contributed by atoms with Crippen LogP contribution in [-0.2, 0) is 9.68 Å². The number of rotatable bonds is 11. The van der Waals surface area contributed by atoms with E-state index in [9.17, 15) is 23.1 Å². The maximum Gasteiger partial charge on any atom is 0.277 e. The summed E-state index contributed by atoms with van der Waals surface area (Å²) in [5.74, 6) is -4.74. The molecule has 0 bridgehead atoms. The van der Waals surface area contributed by atoms with E-state index in [4.69, 9.17) is 15.1 Å². The summed E-state index contributed by atoms with van der Waals surface area (Å²) in [6.45, 7) is -1.66. The second-order valence-electron chi connectivity index (χ2n) is 6.14. The fourth-order valence-corrected chi connectivity index (χ4v) is 2.72. The number of aliphatic hydroxyl groups is 3. The van der Waals surface area contributed by atoms with Crippen molar-refractivity contribution in [3.8, 4) is 0 Å². The zero-order valence-electron chi connectivity index (χ0n) is 16.3. The molecule has 0 saturated carbocycles. The third-order valence-electron chi connectivity index (χ3n) is 3.77. The van der Waals surface area contributed by atoms with Crippen molar-refractivity contribution in [3.63, 3.8) is 0 Å². The molecule has 32 heavy (non-hydrogen) atoms. The molecule has 0 saturated heterocycles. The van der Waals surface area contributed by atoms with Gasteiger partial charge in [0.15, 0.2) is 11.6 Å². The summed E-state index contributed by atoms with van der Waals surface area (Å²) in [5, 5.41) is 32.4. The standard InChI is InChI=1S/C19H19F3IN3O6/c20-14-6-11(23)1-2-15(14)25-18-13(19(30)26-32-9-12(29)8-28)5-10(16(21)17(18)22)7-24-31-4-3-27/h1-2,5-7,12,25,27-29H,3-4,8-9H2,(H,26,30). The van der Waals surface area contributed by atoms with Crippen molar-refractivity contribution in [2.45, 2.75) is 6.10 Å². The van der Waals surface area contributed by atoms with Gasteiger partial charge in [0.2, 0.25) is 0 Å². The number of oxime groups is 1.